The summed E-state index contributed by atoms with van der Waals surface area (Å²) in [4.78, 5) is 11.5. The summed E-state index contributed by atoms with van der Waals surface area (Å²) >= 11 is 1.73. The van der Waals surface area contributed by atoms with Crippen LogP contribution in [0.25, 0.3) is 0 Å². The van der Waals surface area contributed by atoms with Crippen LogP contribution >= 0.6 is 35.3 Å². The highest BCUT2D eigenvalue weighted by atomic mass is 127. The first kappa shape index (κ1) is 22.1. The van der Waals surface area contributed by atoms with Crippen LogP contribution in [0.4, 0.5) is 0 Å². The molecule has 1 aliphatic heterocycles. The van der Waals surface area contributed by atoms with Gasteiger partial charge in [-0.1, -0.05) is 37.3 Å². The van der Waals surface area contributed by atoms with E-state index in [-0.39, 0.29) is 24.0 Å². The third-order valence-corrected chi connectivity index (χ3v) is 5.70. The number of rotatable bonds is 6. The zero-order valence-corrected chi connectivity index (χ0v) is 19.3. The van der Waals surface area contributed by atoms with Crippen molar-refractivity contribution in [3.63, 3.8) is 0 Å². The average Bonchev–Trinajstić information content (AvgIpc) is 3.14. The van der Waals surface area contributed by atoms with E-state index in [0.29, 0.717) is 6.04 Å². The number of piperidine rings is 1. The van der Waals surface area contributed by atoms with Crippen LogP contribution in [0.15, 0.2) is 40.7 Å². The molecule has 1 aromatic heterocycles. The van der Waals surface area contributed by atoms with Crippen molar-refractivity contribution in [1.29, 1.82) is 0 Å². The first-order valence-electron chi connectivity index (χ1n) is 9.43. The van der Waals surface area contributed by atoms with Crippen LogP contribution in [0.3, 0.4) is 0 Å². The predicted octanol–water partition coefficient (Wildman–Crippen LogP) is 3.65. The number of nitrogens with one attached hydrogen (secondary N) is 2. The maximum atomic E-state index is 4.61. The van der Waals surface area contributed by atoms with Crippen molar-refractivity contribution in [1.82, 2.24) is 20.5 Å². The number of aromatic nitrogens is 1. The SMILES string of the molecule is CCc1nc(CNC(=NC)NC2CCCN(Cc3ccccc3)C2)cs1.I. The van der Waals surface area contributed by atoms with Crippen LogP contribution in [0.1, 0.15) is 36.0 Å². The number of aryl methyl sites for hydroxylation is 1. The van der Waals surface area contributed by atoms with Gasteiger partial charge < -0.3 is 10.6 Å². The molecule has 1 atom stereocenters. The van der Waals surface area contributed by atoms with Gasteiger partial charge in [-0.15, -0.1) is 35.3 Å². The van der Waals surface area contributed by atoms with Crippen molar-refractivity contribution in [2.45, 2.75) is 45.3 Å². The highest BCUT2D eigenvalue weighted by molar-refractivity contribution is 14.0. The molecule has 7 heteroatoms. The van der Waals surface area contributed by atoms with Crippen molar-refractivity contribution in [2.24, 2.45) is 4.99 Å². The maximum absolute atomic E-state index is 4.61. The molecular formula is C20H30IN5S. The number of halogens is 1. The normalized spacial score (nSPS) is 18.0. The largest absolute Gasteiger partial charge is 0.352 e. The van der Waals surface area contributed by atoms with Crippen LogP contribution in [0, 0.1) is 0 Å². The Balaban J connectivity index is 0.00000261. The summed E-state index contributed by atoms with van der Waals surface area (Å²) in [7, 11) is 1.83. The van der Waals surface area contributed by atoms with Gasteiger partial charge in [0.05, 0.1) is 17.2 Å². The lowest BCUT2D eigenvalue weighted by atomic mass is 10.0. The lowest BCUT2D eigenvalue weighted by molar-refractivity contribution is 0.192. The fourth-order valence-corrected chi connectivity index (χ4v) is 4.06. The molecule has 27 heavy (non-hydrogen) atoms. The van der Waals surface area contributed by atoms with Crippen molar-refractivity contribution >= 4 is 41.3 Å². The molecule has 1 fully saturated rings. The molecule has 0 saturated carbocycles. The third-order valence-electron chi connectivity index (χ3n) is 4.66. The highest BCUT2D eigenvalue weighted by Crippen LogP contribution is 2.14. The van der Waals surface area contributed by atoms with Crippen molar-refractivity contribution < 1.29 is 0 Å². The molecule has 3 rings (SSSR count). The number of hydrogen-bond acceptors (Lipinski definition) is 4. The predicted molar refractivity (Wildman–Crippen MR) is 125 cm³/mol. The molecule has 2 heterocycles. The van der Waals surface area contributed by atoms with E-state index < -0.39 is 0 Å². The van der Waals surface area contributed by atoms with Crippen LogP contribution in [0.5, 0.6) is 0 Å². The van der Waals surface area contributed by atoms with E-state index in [4.69, 9.17) is 0 Å². The lowest BCUT2D eigenvalue weighted by Crippen LogP contribution is -2.50. The average molecular weight is 499 g/mol. The fraction of sp³-hybridized carbons (Fsp3) is 0.500. The van der Waals surface area contributed by atoms with Gasteiger partial charge in [0.2, 0.25) is 0 Å². The Hall–Kier alpha value is -1.19. The molecule has 1 aromatic carbocycles. The van der Waals surface area contributed by atoms with Gasteiger partial charge in [0.15, 0.2) is 5.96 Å². The van der Waals surface area contributed by atoms with Crippen molar-refractivity contribution in [3.05, 3.63) is 52.0 Å². The first-order valence-corrected chi connectivity index (χ1v) is 10.3. The van der Waals surface area contributed by atoms with Gasteiger partial charge in [-0.2, -0.15) is 0 Å². The minimum Gasteiger partial charge on any atom is -0.352 e. The summed E-state index contributed by atoms with van der Waals surface area (Å²) in [5.74, 6) is 0.864. The zero-order valence-electron chi connectivity index (χ0n) is 16.1. The lowest BCUT2D eigenvalue weighted by Gasteiger charge is -2.34. The van der Waals surface area contributed by atoms with E-state index in [1.807, 2.05) is 7.05 Å². The van der Waals surface area contributed by atoms with E-state index in [2.05, 4.69) is 68.1 Å². The van der Waals surface area contributed by atoms with Crippen LogP contribution in [0.2, 0.25) is 0 Å². The summed E-state index contributed by atoms with van der Waals surface area (Å²) < 4.78 is 0. The monoisotopic (exact) mass is 499 g/mol. The maximum Gasteiger partial charge on any atom is 0.191 e. The van der Waals surface area contributed by atoms with Crippen LogP contribution < -0.4 is 10.6 Å². The van der Waals surface area contributed by atoms with Gasteiger partial charge in [-0.25, -0.2) is 4.98 Å². The number of guanidine groups is 1. The molecule has 1 unspecified atom stereocenters. The Kier molecular flexibility index (Phi) is 9.50. The summed E-state index contributed by atoms with van der Waals surface area (Å²) in [5.41, 5.74) is 2.47. The second kappa shape index (κ2) is 11.6. The minimum atomic E-state index is 0. The van der Waals surface area contributed by atoms with Gasteiger partial charge in [0.1, 0.15) is 0 Å². The van der Waals surface area contributed by atoms with Gasteiger partial charge >= 0.3 is 0 Å². The molecule has 0 amide bonds. The molecule has 5 nitrogen and oxygen atoms in total. The van der Waals surface area contributed by atoms with Gasteiger partial charge in [-0.3, -0.25) is 9.89 Å². The summed E-state index contributed by atoms with van der Waals surface area (Å²) in [5, 5.41) is 10.3. The third kappa shape index (κ3) is 7.04. The number of likely N-dealkylation sites (tertiary alicyclic amines) is 1. The molecular weight excluding hydrogens is 469 g/mol. The van der Waals surface area contributed by atoms with Crippen molar-refractivity contribution in [3.8, 4) is 0 Å². The Morgan fingerprint density at radius 2 is 2.15 bits per heavy atom. The van der Waals surface area contributed by atoms with E-state index in [9.17, 15) is 0 Å². The molecule has 148 valence electrons. The standard InChI is InChI=1S/C20H29N5S.HI/c1-3-19-23-18(15-26-19)12-22-20(21-2)24-17-10-7-11-25(14-17)13-16-8-5-4-6-9-16;/h4-6,8-9,15,17H,3,7,10-14H2,1-2H3,(H2,21,22,24);1H. The molecule has 2 N–H and O–H groups in total. The Morgan fingerprint density at radius 1 is 1.33 bits per heavy atom. The number of nitrogens with zero attached hydrogens (tertiary/aromatic N) is 3. The summed E-state index contributed by atoms with van der Waals surface area (Å²) in [6.45, 7) is 6.09. The molecule has 1 aliphatic rings. The minimum absolute atomic E-state index is 0. The number of aliphatic imine (C=N–C) groups is 1. The second-order valence-electron chi connectivity index (χ2n) is 6.72. The Bertz CT molecular complexity index is 703. The van der Waals surface area contributed by atoms with Crippen molar-refractivity contribution in [2.75, 3.05) is 20.1 Å². The van der Waals surface area contributed by atoms with E-state index in [1.165, 1.54) is 23.4 Å². The topological polar surface area (TPSA) is 52.6 Å². The first-order chi connectivity index (χ1) is 12.8. The number of thiazole rings is 1. The molecule has 0 bridgehead atoms. The van der Waals surface area contributed by atoms with E-state index in [0.717, 1.165) is 44.3 Å². The Labute approximate surface area is 183 Å². The Morgan fingerprint density at radius 3 is 2.85 bits per heavy atom. The quantitative estimate of drug-likeness (QED) is 0.362. The fourth-order valence-electron chi connectivity index (χ4n) is 3.31. The molecule has 0 spiro atoms. The molecule has 1 saturated heterocycles. The summed E-state index contributed by atoms with van der Waals surface area (Å²) in [6, 6.07) is 11.1. The molecule has 0 aliphatic carbocycles. The zero-order chi connectivity index (χ0) is 18.2. The van der Waals surface area contributed by atoms with E-state index in [1.54, 1.807) is 11.3 Å². The van der Waals surface area contributed by atoms with Crippen LogP contribution in [-0.4, -0.2) is 42.0 Å². The van der Waals surface area contributed by atoms with E-state index >= 15 is 0 Å². The summed E-state index contributed by atoms with van der Waals surface area (Å²) in [6.07, 6.45) is 3.40. The molecule has 2 aromatic rings. The smallest absolute Gasteiger partial charge is 0.191 e. The number of benzene rings is 1. The van der Waals surface area contributed by atoms with Gasteiger partial charge in [0, 0.05) is 31.6 Å². The highest BCUT2D eigenvalue weighted by Gasteiger charge is 2.20. The van der Waals surface area contributed by atoms with Gasteiger partial charge in [-0.05, 0) is 31.4 Å². The van der Waals surface area contributed by atoms with Crippen LogP contribution in [-0.2, 0) is 19.5 Å². The molecule has 0 radical (unpaired) electrons. The second-order valence-corrected chi connectivity index (χ2v) is 7.66. The number of hydrogen-bond donors (Lipinski definition) is 2. The van der Waals surface area contributed by atoms with Gasteiger partial charge in [0.25, 0.3) is 0 Å².